The molecule has 0 spiro atoms. The van der Waals surface area contributed by atoms with Gasteiger partial charge in [-0.25, -0.2) is 0 Å². The molecule has 38 heavy (non-hydrogen) atoms. The molecule has 6 aromatic rings. The van der Waals surface area contributed by atoms with Crippen LogP contribution < -0.4 is 15.3 Å². The fourth-order valence-electron chi connectivity index (χ4n) is 3.71. The van der Waals surface area contributed by atoms with Gasteiger partial charge in [0.05, 0.1) is 11.0 Å². The molecule has 5 nitrogen and oxygen atoms in total. The molecule has 0 fully saturated rings. The Morgan fingerprint density at radius 2 is 0.895 bits per heavy atom. The number of aromatic nitrogens is 2. The summed E-state index contributed by atoms with van der Waals surface area (Å²) in [6.45, 7) is 3.76. The van der Waals surface area contributed by atoms with Crippen LogP contribution in [0.1, 0.15) is 11.4 Å². The molecule has 0 amide bonds. The van der Waals surface area contributed by atoms with Gasteiger partial charge in [-0.15, -0.1) is 5.75 Å². The SMILES string of the molecule is Cc1ccc2cccc([O-])c2n1.Cc1ccc2cccc([O-])c2n1.[Ga+3].[O-]c1ccc(-c2ccccc2)cc1. The number of hydrogen-bond donors (Lipinski definition) is 0. The molecule has 0 bridgehead atoms. The number of fused-ring (bicyclic) bond motifs is 2. The summed E-state index contributed by atoms with van der Waals surface area (Å²) in [5, 5.41) is 35.2. The van der Waals surface area contributed by atoms with Crippen molar-refractivity contribution in [2.45, 2.75) is 13.8 Å². The maximum Gasteiger partial charge on any atom is 3.00 e. The van der Waals surface area contributed by atoms with Crippen molar-refractivity contribution in [2.24, 2.45) is 0 Å². The Labute approximate surface area is 235 Å². The predicted octanol–water partition coefficient (Wildman–Crippen LogP) is 5.28. The number of rotatable bonds is 1. The van der Waals surface area contributed by atoms with Gasteiger partial charge in [0.25, 0.3) is 0 Å². The van der Waals surface area contributed by atoms with E-state index in [1.807, 2.05) is 92.7 Å². The summed E-state index contributed by atoms with van der Waals surface area (Å²) in [6.07, 6.45) is 0. The molecule has 2 aromatic heterocycles. The number of aryl methyl sites for hydroxylation is 2. The van der Waals surface area contributed by atoms with Gasteiger partial charge in [0, 0.05) is 11.4 Å². The summed E-state index contributed by atoms with van der Waals surface area (Å²) in [7, 11) is 0. The molecular formula is C32H25GaN2O3. The van der Waals surface area contributed by atoms with Crippen molar-refractivity contribution in [3.05, 3.63) is 127 Å². The smallest absolute Gasteiger partial charge is 0.872 e. The molecule has 4 aromatic carbocycles. The zero-order valence-electron chi connectivity index (χ0n) is 21.2. The Morgan fingerprint density at radius 3 is 1.37 bits per heavy atom. The summed E-state index contributed by atoms with van der Waals surface area (Å²) in [4.78, 5) is 8.33. The number of nitrogens with zero attached hydrogens (tertiary/aromatic N) is 2. The molecule has 0 atom stereocenters. The molecule has 0 saturated carbocycles. The second kappa shape index (κ2) is 13.3. The Kier molecular flexibility index (Phi) is 9.93. The third-order valence-corrected chi connectivity index (χ3v) is 5.61. The van der Waals surface area contributed by atoms with Crippen LogP contribution in [0.2, 0.25) is 0 Å². The van der Waals surface area contributed by atoms with Crippen molar-refractivity contribution in [2.75, 3.05) is 0 Å². The van der Waals surface area contributed by atoms with Crippen LogP contribution in [-0.4, -0.2) is 29.8 Å². The molecule has 184 valence electrons. The van der Waals surface area contributed by atoms with E-state index in [1.165, 1.54) is 12.1 Å². The van der Waals surface area contributed by atoms with Gasteiger partial charge in [0.2, 0.25) is 0 Å². The first-order valence-corrected chi connectivity index (χ1v) is 11.8. The molecule has 0 N–H and O–H groups in total. The van der Waals surface area contributed by atoms with Crippen molar-refractivity contribution in [3.63, 3.8) is 0 Å². The first kappa shape index (κ1) is 28.3. The second-order valence-electron chi connectivity index (χ2n) is 8.45. The predicted molar refractivity (Wildman–Crippen MR) is 149 cm³/mol. The minimum Gasteiger partial charge on any atom is -0.872 e. The van der Waals surface area contributed by atoms with Crippen LogP contribution in [0.3, 0.4) is 0 Å². The van der Waals surface area contributed by atoms with E-state index < -0.39 is 0 Å². The van der Waals surface area contributed by atoms with E-state index in [2.05, 4.69) is 9.97 Å². The van der Waals surface area contributed by atoms with E-state index in [0.29, 0.717) is 11.0 Å². The van der Waals surface area contributed by atoms with Gasteiger partial charge < -0.3 is 15.3 Å². The maximum atomic E-state index is 11.3. The Hall–Kier alpha value is -4.26. The summed E-state index contributed by atoms with van der Waals surface area (Å²) >= 11 is 0. The Morgan fingerprint density at radius 1 is 0.447 bits per heavy atom. The van der Waals surface area contributed by atoms with Crippen molar-refractivity contribution in [1.82, 2.24) is 9.97 Å². The zero-order valence-corrected chi connectivity index (χ0v) is 23.6. The average molecular weight is 555 g/mol. The first-order valence-electron chi connectivity index (χ1n) is 11.8. The van der Waals surface area contributed by atoms with Gasteiger partial charge in [-0.2, -0.15) is 0 Å². The maximum absolute atomic E-state index is 11.3. The molecule has 0 aliphatic rings. The molecular weight excluding hydrogens is 530 g/mol. The standard InChI is InChI=1S/C12H10O.2C10H9NO.Ga/c13-12-8-6-11(7-9-12)10-4-2-1-3-5-10;2*1-7-5-6-8-3-2-4-9(12)10(8)11-7;/h1-9,13H;2*2-6,12H,1H3;/q;;;+3/p-3. The minimum absolute atomic E-state index is 0. The molecule has 6 rings (SSSR count). The van der Waals surface area contributed by atoms with E-state index in [9.17, 15) is 15.3 Å². The van der Waals surface area contributed by atoms with E-state index in [4.69, 9.17) is 0 Å². The van der Waals surface area contributed by atoms with Crippen LogP contribution in [0, 0.1) is 13.8 Å². The largest absolute Gasteiger partial charge is 3.00 e. The molecule has 0 aliphatic heterocycles. The third kappa shape index (κ3) is 7.38. The van der Waals surface area contributed by atoms with Gasteiger partial charge >= 0.3 is 19.8 Å². The normalized spacial score (nSPS) is 9.95. The van der Waals surface area contributed by atoms with Crippen LogP contribution >= 0.6 is 0 Å². The Balaban J connectivity index is 0.000000156. The van der Waals surface area contributed by atoms with Gasteiger partial charge in [-0.3, -0.25) is 9.97 Å². The Bertz CT molecular complexity index is 1540. The fraction of sp³-hybridized carbons (Fsp3) is 0.0625. The van der Waals surface area contributed by atoms with Gasteiger partial charge in [0.1, 0.15) is 0 Å². The van der Waals surface area contributed by atoms with Crippen molar-refractivity contribution < 1.29 is 15.3 Å². The minimum atomic E-state index is -0.00352. The van der Waals surface area contributed by atoms with Crippen LogP contribution in [-0.2, 0) is 0 Å². The molecule has 0 unspecified atom stereocenters. The summed E-state index contributed by atoms with van der Waals surface area (Å²) in [6, 6.07) is 34.9. The number of hydrogen-bond acceptors (Lipinski definition) is 5. The summed E-state index contributed by atoms with van der Waals surface area (Å²) in [5.41, 5.74) is 5.12. The average Bonchev–Trinajstić information content (AvgIpc) is 2.91. The van der Waals surface area contributed by atoms with Crippen LogP contribution in [0.4, 0.5) is 0 Å². The van der Waals surface area contributed by atoms with E-state index in [1.54, 1.807) is 24.3 Å². The fourth-order valence-corrected chi connectivity index (χ4v) is 3.71. The molecule has 0 radical (unpaired) electrons. The van der Waals surface area contributed by atoms with E-state index in [-0.39, 0.29) is 37.0 Å². The van der Waals surface area contributed by atoms with E-state index >= 15 is 0 Å². The first-order chi connectivity index (χ1) is 17.9. The van der Waals surface area contributed by atoms with Gasteiger partial charge in [0.15, 0.2) is 0 Å². The second-order valence-corrected chi connectivity index (χ2v) is 8.45. The zero-order chi connectivity index (χ0) is 26.2. The molecule has 6 heteroatoms. The van der Waals surface area contributed by atoms with Crippen LogP contribution in [0.25, 0.3) is 32.9 Å². The summed E-state index contributed by atoms with van der Waals surface area (Å²) in [5.74, 6) is 0.0482. The van der Waals surface area contributed by atoms with Crippen molar-refractivity contribution in [1.29, 1.82) is 0 Å². The van der Waals surface area contributed by atoms with Crippen molar-refractivity contribution in [3.8, 4) is 28.4 Å². The molecule has 0 aliphatic carbocycles. The van der Waals surface area contributed by atoms with E-state index in [0.717, 1.165) is 33.3 Å². The summed E-state index contributed by atoms with van der Waals surface area (Å²) < 4.78 is 0. The van der Waals surface area contributed by atoms with Gasteiger partial charge in [-0.05, 0) is 47.9 Å². The molecule has 0 saturated heterocycles. The third-order valence-electron chi connectivity index (χ3n) is 5.61. The quantitative estimate of drug-likeness (QED) is 0.258. The monoisotopic (exact) mass is 554 g/mol. The van der Waals surface area contributed by atoms with Crippen LogP contribution in [0.5, 0.6) is 17.2 Å². The number of pyridine rings is 2. The van der Waals surface area contributed by atoms with Crippen molar-refractivity contribution >= 4 is 41.6 Å². The molecule has 2 heterocycles. The number of para-hydroxylation sites is 2. The van der Waals surface area contributed by atoms with Crippen LogP contribution in [0.15, 0.2) is 115 Å². The van der Waals surface area contributed by atoms with Gasteiger partial charge in [-0.1, -0.05) is 115 Å². The topological polar surface area (TPSA) is 95.0 Å². The number of benzene rings is 4.